The number of carbonyl (C=O) groups is 1. The van der Waals surface area contributed by atoms with Crippen LogP contribution in [0.25, 0.3) is 5.69 Å². The van der Waals surface area contributed by atoms with Crippen LogP contribution in [0.5, 0.6) is 5.75 Å². The van der Waals surface area contributed by atoms with Crippen LogP contribution in [0.3, 0.4) is 0 Å². The summed E-state index contributed by atoms with van der Waals surface area (Å²) in [6, 6.07) is 7.09. The summed E-state index contributed by atoms with van der Waals surface area (Å²) < 4.78 is 7.21. The summed E-state index contributed by atoms with van der Waals surface area (Å²) in [6.45, 7) is 2.67. The van der Waals surface area contributed by atoms with E-state index in [0.29, 0.717) is 23.7 Å². The highest BCUT2D eigenvalue weighted by atomic mass is 16.5. The van der Waals surface area contributed by atoms with Gasteiger partial charge >= 0.3 is 0 Å². The molecule has 1 heterocycles. The van der Waals surface area contributed by atoms with Crippen LogP contribution in [-0.2, 0) is 0 Å². The van der Waals surface area contributed by atoms with E-state index >= 15 is 0 Å². The summed E-state index contributed by atoms with van der Waals surface area (Å²) in [7, 11) is 3.39. The number of hydrogen-bond donors (Lipinski definition) is 1. The van der Waals surface area contributed by atoms with E-state index < -0.39 is 0 Å². The SMILES string of the molecule is CCCOc1cc(N)cc(-n2ccc(C(=O)N(C)C)n2)c1. The number of nitrogens with zero attached hydrogens (tertiary/aromatic N) is 3. The van der Waals surface area contributed by atoms with Crippen molar-refractivity contribution in [3.63, 3.8) is 0 Å². The first-order chi connectivity index (χ1) is 10.0. The number of amides is 1. The van der Waals surface area contributed by atoms with Crippen LogP contribution < -0.4 is 10.5 Å². The molecule has 0 unspecified atom stereocenters. The molecule has 0 saturated heterocycles. The van der Waals surface area contributed by atoms with E-state index in [1.165, 1.54) is 4.90 Å². The van der Waals surface area contributed by atoms with E-state index in [0.717, 1.165) is 12.1 Å². The molecule has 2 rings (SSSR count). The predicted molar refractivity (Wildman–Crippen MR) is 81.8 cm³/mol. The van der Waals surface area contributed by atoms with Crippen molar-refractivity contribution in [3.8, 4) is 11.4 Å². The molecule has 1 amide bonds. The van der Waals surface area contributed by atoms with Crippen molar-refractivity contribution in [1.29, 1.82) is 0 Å². The molecule has 0 bridgehead atoms. The number of aromatic nitrogens is 2. The Kier molecular flexibility index (Phi) is 4.47. The molecule has 2 aromatic rings. The Morgan fingerprint density at radius 1 is 1.38 bits per heavy atom. The smallest absolute Gasteiger partial charge is 0.273 e. The molecule has 0 saturated carbocycles. The Balaban J connectivity index is 2.29. The normalized spacial score (nSPS) is 10.4. The minimum Gasteiger partial charge on any atom is -0.493 e. The summed E-state index contributed by atoms with van der Waals surface area (Å²) in [5.41, 5.74) is 7.63. The Labute approximate surface area is 124 Å². The zero-order valence-electron chi connectivity index (χ0n) is 12.5. The maximum absolute atomic E-state index is 11.9. The lowest BCUT2D eigenvalue weighted by molar-refractivity contribution is 0.0821. The van der Waals surface area contributed by atoms with Gasteiger partial charge < -0.3 is 15.4 Å². The molecule has 6 heteroatoms. The summed E-state index contributed by atoms with van der Waals surface area (Å²) in [6.07, 6.45) is 2.66. The first-order valence-corrected chi connectivity index (χ1v) is 6.82. The molecular weight excluding hydrogens is 268 g/mol. The summed E-state index contributed by atoms with van der Waals surface area (Å²) in [5, 5.41) is 4.28. The quantitative estimate of drug-likeness (QED) is 0.853. The van der Waals surface area contributed by atoms with Crippen LogP contribution in [-0.4, -0.2) is 41.3 Å². The van der Waals surface area contributed by atoms with Crippen molar-refractivity contribution < 1.29 is 9.53 Å². The molecule has 0 radical (unpaired) electrons. The highest BCUT2D eigenvalue weighted by molar-refractivity contribution is 5.91. The number of carbonyl (C=O) groups excluding carboxylic acids is 1. The average Bonchev–Trinajstić information content (AvgIpc) is 2.93. The molecule has 1 aromatic heterocycles. The van der Waals surface area contributed by atoms with Crippen LogP contribution in [0.4, 0.5) is 5.69 Å². The van der Waals surface area contributed by atoms with Gasteiger partial charge in [0.1, 0.15) is 5.75 Å². The largest absolute Gasteiger partial charge is 0.493 e. The lowest BCUT2D eigenvalue weighted by atomic mass is 10.2. The van der Waals surface area contributed by atoms with Gasteiger partial charge in [0.05, 0.1) is 12.3 Å². The predicted octanol–water partition coefficient (Wildman–Crippen LogP) is 1.95. The molecular formula is C15H20N4O2. The minimum atomic E-state index is -0.139. The number of anilines is 1. The molecule has 1 aromatic carbocycles. The Hall–Kier alpha value is -2.50. The summed E-state index contributed by atoms with van der Waals surface area (Å²) in [5.74, 6) is 0.558. The molecule has 0 aliphatic heterocycles. The van der Waals surface area contributed by atoms with Gasteiger partial charge in [-0.3, -0.25) is 4.79 Å². The fourth-order valence-corrected chi connectivity index (χ4v) is 1.85. The minimum absolute atomic E-state index is 0.139. The third-order valence-corrected chi connectivity index (χ3v) is 2.87. The Morgan fingerprint density at radius 2 is 2.14 bits per heavy atom. The van der Waals surface area contributed by atoms with E-state index in [9.17, 15) is 4.79 Å². The second-order valence-corrected chi connectivity index (χ2v) is 4.95. The molecule has 2 N–H and O–H groups in total. The molecule has 0 fully saturated rings. The first kappa shape index (κ1) is 14.9. The van der Waals surface area contributed by atoms with E-state index in [-0.39, 0.29) is 5.91 Å². The van der Waals surface area contributed by atoms with Crippen molar-refractivity contribution in [2.75, 3.05) is 26.4 Å². The van der Waals surface area contributed by atoms with Gasteiger partial charge in [0.15, 0.2) is 5.69 Å². The van der Waals surface area contributed by atoms with Crippen molar-refractivity contribution in [2.24, 2.45) is 0 Å². The molecule has 0 atom stereocenters. The van der Waals surface area contributed by atoms with Crippen LogP contribution >= 0.6 is 0 Å². The molecule has 0 spiro atoms. The number of nitrogen functional groups attached to an aromatic ring is 1. The monoisotopic (exact) mass is 288 g/mol. The van der Waals surface area contributed by atoms with Crippen molar-refractivity contribution >= 4 is 11.6 Å². The summed E-state index contributed by atoms with van der Waals surface area (Å²) >= 11 is 0. The molecule has 112 valence electrons. The zero-order chi connectivity index (χ0) is 15.4. The molecule has 0 aliphatic rings. The third-order valence-electron chi connectivity index (χ3n) is 2.87. The molecule has 0 aliphatic carbocycles. The van der Waals surface area contributed by atoms with Gasteiger partial charge in [0, 0.05) is 38.1 Å². The number of hydrogen-bond acceptors (Lipinski definition) is 4. The topological polar surface area (TPSA) is 73.4 Å². The van der Waals surface area contributed by atoms with E-state index in [1.54, 1.807) is 43.2 Å². The maximum Gasteiger partial charge on any atom is 0.273 e. The molecule has 21 heavy (non-hydrogen) atoms. The van der Waals surface area contributed by atoms with E-state index in [1.807, 2.05) is 13.0 Å². The second kappa shape index (κ2) is 6.30. The van der Waals surface area contributed by atoms with Gasteiger partial charge in [-0.15, -0.1) is 0 Å². The van der Waals surface area contributed by atoms with Gasteiger partial charge in [-0.2, -0.15) is 5.10 Å². The fraction of sp³-hybridized carbons (Fsp3) is 0.333. The van der Waals surface area contributed by atoms with Crippen LogP contribution in [0.15, 0.2) is 30.5 Å². The maximum atomic E-state index is 11.9. The van der Waals surface area contributed by atoms with Crippen molar-refractivity contribution in [1.82, 2.24) is 14.7 Å². The van der Waals surface area contributed by atoms with Gasteiger partial charge in [-0.05, 0) is 18.6 Å². The van der Waals surface area contributed by atoms with E-state index in [4.69, 9.17) is 10.5 Å². The van der Waals surface area contributed by atoms with Crippen molar-refractivity contribution in [2.45, 2.75) is 13.3 Å². The van der Waals surface area contributed by atoms with Gasteiger partial charge in [0.25, 0.3) is 5.91 Å². The average molecular weight is 288 g/mol. The molecule has 6 nitrogen and oxygen atoms in total. The lowest BCUT2D eigenvalue weighted by Gasteiger charge is -2.09. The van der Waals surface area contributed by atoms with Gasteiger partial charge in [0.2, 0.25) is 0 Å². The fourth-order valence-electron chi connectivity index (χ4n) is 1.85. The number of nitrogens with two attached hydrogens (primary N) is 1. The van der Waals surface area contributed by atoms with Crippen LogP contribution in [0.2, 0.25) is 0 Å². The highest BCUT2D eigenvalue weighted by Crippen LogP contribution is 2.22. The lowest BCUT2D eigenvalue weighted by Crippen LogP contribution is -2.22. The highest BCUT2D eigenvalue weighted by Gasteiger charge is 2.12. The third kappa shape index (κ3) is 3.53. The van der Waals surface area contributed by atoms with Crippen LogP contribution in [0, 0.1) is 0 Å². The number of benzene rings is 1. The number of ether oxygens (including phenoxy) is 1. The zero-order valence-corrected chi connectivity index (χ0v) is 12.5. The summed E-state index contributed by atoms with van der Waals surface area (Å²) in [4.78, 5) is 13.4. The second-order valence-electron chi connectivity index (χ2n) is 4.95. The Morgan fingerprint density at radius 3 is 2.81 bits per heavy atom. The Bertz CT molecular complexity index is 634. The first-order valence-electron chi connectivity index (χ1n) is 6.82. The standard InChI is InChI=1S/C15H20N4O2/c1-4-7-21-13-9-11(16)8-12(10-13)19-6-5-14(17-19)15(20)18(2)3/h5-6,8-10H,4,7,16H2,1-3H3. The van der Waals surface area contributed by atoms with E-state index in [2.05, 4.69) is 5.10 Å². The van der Waals surface area contributed by atoms with Crippen molar-refractivity contribution in [3.05, 3.63) is 36.2 Å². The van der Waals surface area contributed by atoms with Gasteiger partial charge in [-0.25, -0.2) is 4.68 Å². The van der Waals surface area contributed by atoms with Crippen LogP contribution in [0.1, 0.15) is 23.8 Å². The van der Waals surface area contributed by atoms with Gasteiger partial charge in [-0.1, -0.05) is 6.92 Å². The number of rotatable bonds is 5.